The standard InChI is InChI=1S/C18H18ClN3O/c1-23-17-7-2-4-13(10-17)18-12-15(8-9-20)21-22(18)16-6-3-5-14(19)11-16/h2-7,10-12H,8-9,20H2,1H3. The molecule has 23 heavy (non-hydrogen) atoms. The van der Waals surface area contributed by atoms with E-state index in [1.165, 1.54) is 0 Å². The lowest BCUT2D eigenvalue weighted by Gasteiger charge is -2.09. The highest BCUT2D eigenvalue weighted by Crippen LogP contribution is 2.28. The maximum atomic E-state index is 6.13. The van der Waals surface area contributed by atoms with Crippen LogP contribution in [0.3, 0.4) is 0 Å². The first-order valence-electron chi connectivity index (χ1n) is 7.40. The summed E-state index contributed by atoms with van der Waals surface area (Å²) in [6.45, 7) is 0.560. The van der Waals surface area contributed by atoms with Crippen molar-refractivity contribution in [3.8, 4) is 22.7 Å². The van der Waals surface area contributed by atoms with Crippen LogP contribution in [0.15, 0.2) is 54.6 Å². The zero-order chi connectivity index (χ0) is 16.2. The molecule has 2 N–H and O–H groups in total. The highest BCUT2D eigenvalue weighted by atomic mass is 35.5. The minimum atomic E-state index is 0.560. The minimum absolute atomic E-state index is 0.560. The van der Waals surface area contributed by atoms with E-state index < -0.39 is 0 Å². The fourth-order valence-electron chi connectivity index (χ4n) is 2.49. The molecule has 0 unspecified atom stereocenters. The van der Waals surface area contributed by atoms with Crippen LogP contribution in [0.1, 0.15) is 5.69 Å². The Bertz CT molecular complexity index is 814. The van der Waals surface area contributed by atoms with E-state index in [1.54, 1.807) is 7.11 Å². The molecule has 5 heteroatoms. The molecule has 0 saturated carbocycles. The van der Waals surface area contributed by atoms with E-state index >= 15 is 0 Å². The molecule has 118 valence electrons. The van der Waals surface area contributed by atoms with Gasteiger partial charge in [-0.2, -0.15) is 5.10 Å². The SMILES string of the molecule is COc1cccc(-c2cc(CCN)nn2-c2cccc(Cl)c2)c1. The number of aromatic nitrogens is 2. The molecule has 3 aromatic rings. The summed E-state index contributed by atoms with van der Waals surface area (Å²) < 4.78 is 7.22. The largest absolute Gasteiger partial charge is 0.497 e. The van der Waals surface area contributed by atoms with Gasteiger partial charge in [-0.05, 0) is 42.9 Å². The third kappa shape index (κ3) is 3.38. The van der Waals surface area contributed by atoms with Crippen LogP contribution in [0.5, 0.6) is 5.75 Å². The molecule has 1 heterocycles. The van der Waals surface area contributed by atoms with Crippen LogP contribution >= 0.6 is 11.6 Å². The summed E-state index contributed by atoms with van der Waals surface area (Å²) >= 11 is 6.13. The van der Waals surface area contributed by atoms with Crippen molar-refractivity contribution >= 4 is 11.6 Å². The van der Waals surface area contributed by atoms with Crippen LogP contribution in [-0.2, 0) is 6.42 Å². The highest BCUT2D eigenvalue weighted by molar-refractivity contribution is 6.30. The first-order valence-corrected chi connectivity index (χ1v) is 7.78. The topological polar surface area (TPSA) is 53.1 Å². The molecule has 0 bridgehead atoms. The van der Waals surface area contributed by atoms with Crippen molar-refractivity contribution in [1.82, 2.24) is 9.78 Å². The molecule has 4 nitrogen and oxygen atoms in total. The summed E-state index contributed by atoms with van der Waals surface area (Å²) in [5, 5.41) is 5.36. The maximum Gasteiger partial charge on any atom is 0.119 e. The second kappa shape index (κ2) is 6.86. The van der Waals surface area contributed by atoms with E-state index in [9.17, 15) is 0 Å². The number of hydrogen-bond donors (Lipinski definition) is 1. The van der Waals surface area contributed by atoms with E-state index in [4.69, 9.17) is 22.1 Å². The van der Waals surface area contributed by atoms with Gasteiger partial charge in [0.15, 0.2) is 0 Å². The molecule has 1 aromatic heterocycles. The Balaban J connectivity index is 2.14. The smallest absolute Gasteiger partial charge is 0.119 e. The van der Waals surface area contributed by atoms with Crippen LogP contribution in [0.4, 0.5) is 0 Å². The van der Waals surface area contributed by atoms with E-state index in [1.807, 2.05) is 53.2 Å². The van der Waals surface area contributed by atoms with Crippen molar-refractivity contribution < 1.29 is 4.74 Å². The number of ether oxygens (including phenoxy) is 1. The summed E-state index contributed by atoms with van der Waals surface area (Å²) in [5.41, 5.74) is 9.55. The summed E-state index contributed by atoms with van der Waals surface area (Å²) in [6.07, 6.45) is 0.727. The van der Waals surface area contributed by atoms with Gasteiger partial charge in [0.25, 0.3) is 0 Å². The van der Waals surface area contributed by atoms with Gasteiger partial charge in [-0.3, -0.25) is 0 Å². The molecule has 0 aliphatic heterocycles. The molecule has 0 spiro atoms. The minimum Gasteiger partial charge on any atom is -0.497 e. The number of nitrogens with zero attached hydrogens (tertiary/aromatic N) is 2. The molecule has 0 saturated heterocycles. The second-order valence-corrected chi connectivity index (χ2v) is 5.62. The summed E-state index contributed by atoms with van der Waals surface area (Å²) in [4.78, 5) is 0. The average Bonchev–Trinajstić information content (AvgIpc) is 2.99. The molecular formula is C18H18ClN3O. The quantitative estimate of drug-likeness (QED) is 0.777. The second-order valence-electron chi connectivity index (χ2n) is 5.18. The fraction of sp³-hybridized carbons (Fsp3) is 0.167. The Kier molecular flexibility index (Phi) is 4.65. The van der Waals surface area contributed by atoms with Crippen LogP contribution < -0.4 is 10.5 Å². The highest BCUT2D eigenvalue weighted by Gasteiger charge is 2.12. The predicted molar refractivity (Wildman–Crippen MR) is 93.3 cm³/mol. The lowest BCUT2D eigenvalue weighted by molar-refractivity contribution is 0.415. The lowest BCUT2D eigenvalue weighted by atomic mass is 10.1. The van der Waals surface area contributed by atoms with Crippen LogP contribution in [0.2, 0.25) is 5.02 Å². The summed E-state index contributed by atoms with van der Waals surface area (Å²) in [7, 11) is 1.66. The van der Waals surface area contributed by atoms with Crippen molar-refractivity contribution in [3.63, 3.8) is 0 Å². The number of nitrogens with two attached hydrogens (primary N) is 1. The zero-order valence-corrected chi connectivity index (χ0v) is 13.6. The monoisotopic (exact) mass is 327 g/mol. The Morgan fingerprint density at radius 1 is 1.13 bits per heavy atom. The van der Waals surface area contributed by atoms with Crippen molar-refractivity contribution in [2.75, 3.05) is 13.7 Å². The fourth-order valence-corrected chi connectivity index (χ4v) is 2.68. The van der Waals surface area contributed by atoms with Gasteiger partial charge < -0.3 is 10.5 Å². The molecule has 0 aliphatic carbocycles. The lowest BCUT2D eigenvalue weighted by Crippen LogP contribution is -2.04. The number of methoxy groups -OCH3 is 1. The first kappa shape index (κ1) is 15.6. The van der Waals surface area contributed by atoms with E-state index in [0.29, 0.717) is 11.6 Å². The third-order valence-corrected chi connectivity index (χ3v) is 3.81. The van der Waals surface area contributed by atoms with Crippen LogP contribution in [-0.4, -0.2) is 23.4 Å². The van der Waals surface area contributed by atoms with Crippen molar-refractivity contribution in [2.24, 2.45) is 5.73 Å². The third-order valence-electron chi connectivity index (χ3n) is 3.58. The Morgan fingerprint density at radius 2 is 1.96 bits per heavy atom. The average molecular weight is 328 g/mol. The van der Waals surface area contributed by atoms with Crippen molar-refractivity contribution in [1.29, 1.82) is 0 Å². The molecule has 2 aromatic carbocycles. The van der Waals surface area contributed by atoms with Gasteiger partial charge in [-0.25, -0.2) is 4.68 Å². The Labute approximate surface area is 140 Å². The Morgan fingerprint density at radius 3 is 2.70 bits per heavy atom. The maximum absolute atomic E-state index is 6.13. The predicted octanol–water partition coefficient (Wildman–Crippen LogP) is 3.70. The van der Waals surface area contributed by atoms with Gasteiger partial charge in [-0.1, -0.05) is 29.8 Å². The molecule has 0 atom stereocenters. The van der Waals surface area contributed by atoms with Gasteiger partial charge in [0.2, 0.25) is 0 Å². The molecule has 3 rings (SSSR count). The number of benzene rings is 2. The number of rotatable bonds is 5. The summed E-state index contributed by atoms with van der Waals surface area (Å²) in [6, 6.07) is 17.6. The first-order chi connectivity index (χ1) is 11.2. The normalized spacial score (nSPS) is 10.7. The zero-order valence-electron chi connectivity index (χ0n) is 12.9. The molecular weight excluding hydrogens is 310 g/mol. The van der Waals surface area contributed by atoms with Gasteiger partial charge in [-0.15, -0.1) is 0 Å². The molecule has 0 fully saturated rings. The number of halogens is 1. The molecule has 0 amide bonds. The van der Waals surface area contributed by atoms with Crippen molar-refractivity contribution in [3.05, 3.63) is 65.3 Å². The van der Waals surface area contributed by atoms with Gasteiger partial charge in [0.1, 0.15) is 5.75 Å². The van der Waals surface area contributed by atoms with E-state index in [2.05, 4.69) is 11.2 Å². The van der Waals surface area contributed by atoms with Crippen molar-refractivity contribution in [2.45, 2.75) is 6.42 Å². The summed E-state index contributed by atoms with van der Waals surface area (Å²) in [5.74, 6) is 0.807. The van der Waals surface area contributed by atoms with Crippen LogP contribution in [0, 0.1) is 0 Å². The number of hydrogen-bond acceptors (Lipinski definition) is 3. The van der Waals surface area contributed by atoms with Gasteiger partial charge >= 0.3 is 0 Å². The molecule has 0 aliphatic rings. The Hall–Kier alpha value is -2.30. The van der Waals surface area contributed by atoms with E-state index in [-0.39, 0.29) is 0 Å². The van der Waals surface area contributed by atoms with Crippen LogP contribution in [0.25, 0.3) is 16.9 Å². The molecule has 0 radical (unpaired) electrons. The van der Waals surface area contributed by atoms with Gasteiger partial charge in [0.05, 0.1) is 24.2 Å². The van der Waals surface area contributed by atoms with Gasteiger partial charge in [0, 0.05) is 17.0 Å². The van der Waals surface area contributed by atoms with E-state index in [0.717, 1.165) is 34.8 Å².